The summed E-state index contributed by atoms with van der Waals surface area (Å²) in [5.74, 6) is -5.47. The molecule has 0 spiro atoms. The largest absolute Gasteiger partial charge is 0.488 e. The van der Waals surface area contributed by atoms with Crippen LogP contribution in [0.5, 0.6) is 5.75 Å². The average Bonchev–Trinajstić information content (AvgIpc) is 2.80. The normalized spacial score (nSPS) is 20.2. The van der Waals surface area contributed by atoms with Crippen molar-refractivity contribution in [1.29, 1.82) is 0 Å². The van der Waals surface area contributed by atoms with Gasteiger partial charge in [-0.25, -0.2) is 18.4 Å². The summed E-state index contributed by atoms with van der Waals surface area (Å²) in [7, 11) is 0. The van der Waals surface area contributed by atoms with Crippen LogP contribution in [0.3, 0.4) is 0 Å². The molecule has 1 aromatic rings. The van der Waals surface area contributed by atoms with Gasteiger partial charge in [0, 0.05) is 12.0 Å². The molecule has 1 aliphatic heterocycles. The maximum Gasteiger partial charge on any atom is 0.410 e. The summed E-state index contributed by atoms with van der Waals surface area (Å²) in [5.41, 5.74) is -0.521. The zero-order valence-electron chi connectivity index (χ0n) is 20.1. The van der Waals surface area contributed by atoms with E-state index in [1.165, 1.54) is 4.90 Å². The van der Waals surface area contributed by atoms with Crippen LogP contribution in [0.15, 0.2) is 47.6 Å². The van der Waals surface area contributed by atoms with Crippen LogP contribution in [0.25, 0.3) is 0 Å². The fourth-order valence-electron chi connectivity index (χ4n) is 4.42. The van der Waals surface area contributed by atoms with Crippen molar-refractivity contribution >= 4 is 12.1 Å². The second kappa shape index (κ2) is 10.6. The molecule has 35 heavy (non-hydrogen) atoms. The first-order chi connectivity index (χ1) is 16.4. The Hall–Kier alpha value is -3.23. The minimum Gasteiger partial charge on any atom is -0.488 e. The predicted molar refractivity (Wildman–Crippen MR) is 123 cm³/mol. The smallest absolute Gasteiger partial charge is 0.410 e. The Balaban J connectivity index is 1.78. The standard InChI is InChI=1S/C26H30F3NO5/c1-25(2,3)35-24(33)30-14-10-18(17(16-30)23(31)32)26(11-5-4-6-12-26)13-7-15-34-22-20(28)9-8-19(27)21(22)29/h4-6,8-9,11H,7,10,12-16H2,1-3H3,(H,31,32). The third kappa shape index (κ3) is 6.26. The predicted octanol–water partition coefficient (Wildman–Crippen LogP) is 5.79. The van der Waals surface area contributed by atoms with E-state index in [2.05, 4.69) is 0 Å². The molecule has 9 heteroatoms. The molecular formula is C26H30F3NO5. The van der Waals surface area contributed by atoms with Crippen LogP contribution < -0.4 is 4.74 Å². The third-order valence-electron chi connectivity index (χ3n) is 6.02. The zero-order valence-corrected chi connectivity index (χ0v) is 20.1. The van der Waals surface area contributed by atoms with E-state index in [0.717, 1.165) is 6.07 Å². The Morgan fingerprint density at radius 1 is 1.14 bits per heavy atom. The number of hydrogen-bond donors (Lipinski definition) is 1. The zero-order chi connectivity index (χ0) is 25.8. The van der Waals surface area contributed by atoms with E-state index in [-0.39, 0.29) is 18.7 Å². The summed E-state index contributed by atoms with van der Waals surface area (Å²) < 4.78 is 51.8. The molecule has 1 amide bonds. The highest BCUT2D eigenvalue weighted by Gasteiger charge is 2.39. The lowest BCUT2D eigenvalue weighted by Crippen LogP contribution is -2.44. The van der Waals surface area contributed by atoms with Crippen molar-refractivity contribution in [2.45, 2.75) is 52.1 Å². The minimum atomic E-state index is -1.38. The van der Waals surface area contributed by atoms with Crippen LogP contribution in [0.4, 0.5) is 18.0 Å². The molecule has 1 N–H and O–H groups in total. The Kier molecular flexibility index (Phi) is 7.97. The number of amides is 1. The summed E-state index contributed by atoms with van der Waals surface area (Å²) in [6, 6.07) is 1.49. The van der Waals surface area contributed by atoms with Crippen LogP contribution in [0.1, 0.15) is 46.5 Å². The van der Waals surface area contributed by atoms with E-state index < -0.39 is 46.3 Å². The molecule has 0 saturated carbocycles. The summed E-state index contributed by atoms with van der Waals surface area (Å²) in [6.07, 6.45) is 8.63. The first-order valence-electron chi connectivity index (χ1n) is 11.5. The Morgan fingerprint density at radius 3 is 2.49 bits per heavy atom. The molecule has 6 nitrogen and oxygen atoms in total. The number of nitrogens with zero attached hydrogens (tertiary/aromatic N) is 1. The molecule has 1 unspecified atom stereocenters. The molecule has 0 bridgehead atoms. The van der Waals surface area contributed by atoms with Gasteiger partial charge >= 0.3 is 12.1 Å². The first kappa shape index (κ1) is 26.4. The number of rotatable bonds is 7. The molecule has 0 saturated heterocycles. The van der Waals surface area contributed by atoms with Crippen LogP contribution in [0.2, 0.25) is 0 Å². The highest BCUT2D eigenvalue weighted by molar-refractivity contribution is 5.89. The van der Waals surface area contributed by atoms with Crippen LogP contribution in [0, 0.1) is 22.9 Å². The minimum absolute atomic E-state index is 0.0870. The van der Waals surface area contributed by atoms with Gasteiger partial charge in [0.2, 0.25) is 5.82 Å². The molecule has 0 aromatic heterocycles. The fraction of sp³-hybridized carbons (Fsp3) is 0.462. The molecule has 1 aromatic carbocycles. The maximum absolute atomic E-state index is 13.9. The van der Waals surface area contributed by atoms with E-state index in [4.69, 9.17) is 9.47 Å². The molecule has 0 fully saturated rings. The number of halogens is 3. The number of benzene rings is 1. The average molecular weight is 494 g/mol. The number of hydrogen-bond acceptors (Lipinski definition) is 4. The van der Waals surface area contributed by atoms with E-state index >= 15 is 0 Å². The molecule has 2 aliphatic rings. The van der Waals surface area contributed by atoms with Crippen molar-refractivity contribution in [1.82, 2.24) is 4.90 Å². The number of carboxylic acid groups (broad SMARTS) is 1. The van der Waals surface area contributed by atoms with E-state index in [0.29, 0.717) is 43.9 Å². The molecule has 1 aliphatic carbocycles. The molecule has 0 radical (unpaired) electrons. The Labute approximate surface area is 202 Å². The summed E-state index contributed by atoms with van der Waals surface area (Å²) in [6.45, 7) is 5.35. The number of carboxylic acids is 1. The van der Waals surface area contributed by atoms with Gasteiger partial charge in [0.1, 0.15) is 5.60 Å². The summed E-state index contributed by atoms with van der Waals surface area (Å²) in [4.78, 5) is 26.1. The van der Waals surface area contributed by atoms with Gasteiger partial charge in [-0.05, 0) is 64.2 Å². The van der Waals surface area contributed by atoms with Gasteiger partial charge in [0.25, 0.3) is 0 Å². The molecule has 3 rings (SSSR count). The molecule has 1 heterocycles. The lowest BCUT2D eigenvalue weighted by Gasteiger charge is -2.40. The number of ether oxygens (including phenoxy) is 2. The van der Waals surface area contributed by atoms with Crippen molar-refractivity contribution in [3.63, 3.8) is 0 Å². The number of carbonyl (C=O) groups excluding carboxylic acids is 1. The molecular weight excluding hydrogens is 463 g/mol. The van der Waals surface area contributed by atoms with Crippen LogP contribution in [-0.4, -0.2) is 47.4 Å². The second-order valence-electron chi connectivity index (χ2n) is 9.69. The third-order valence-corrected chi connectivity index (χ3v) is 6.02. The first-order valence-corrected chi connectivity index (χ1v) is 11.5. The number of carbonyl (C=O) groups is 2. The van der Waals surface area contributed by atoms with Crippen molar-refractivity contribution < 1.29 is 37.3 Å². The van der Waals surface area contributed by atoms with Crippen LogP contribution in [-0.2, 0) is 9.53 Å². The lowest BCUT2D eigenvalue weighted by molar-refractivity contribution is -0.133. The highest BCUT2D eigenvalue weighted by atomic mass is 19.2. The van der Waals surface area contributed by atoms with Gasteiger partial charge in [-0.15, -0.1) is 0 Å². The van der Waals surface area contributed by atoms with Gasteiger partial charge in [-0.3, -0.25) is 0 Å². The van der Waals surface area contributed by atoms with Crippen molar-refractivity contribution in [2.75, 3.05) is 19.7 Å². The van der Waals surface area contributed by atoms with Crippen LogP contribution >= 0.6 is 0 Å². The SMILES string of the molecule is CC(C)(C)OC(=O)N1CCC(C2(CCCOc3c(F)ccc(F)c3F)C=CC=CC2)=C(C(=O)O)C1. The van der Waals surface area contributed by atoms with E-state index in [1.54, 1.807) is 20.8 Å². The van der Waals surface area contributed by atoms with Gasteiger partial charge in [-0.2, -0.15) is 4.39 Å². The summed E-state index contributed by atoms with van der Waals surface area (Å²) >= 11 is 0. The maximum atomic E-state index is 13.9. The van der Waals surface area contributed by atoms with E-state index in [1.807, 2.05) is 24.3 Å². The fourth-order valence-corrected chi connectivity index (χ4v) is 4.42. The molecule has 190 valence electrons. The number of aliphatic carboxylic acids is 1. The molecule has 1 atom stereocenters. The van der Waals surface area contributed by atoms with Gasteiger partial charge in [-0.1, -0.05) is 24.3 Å². The van der Waals surface area contributed by atoms with Crippen molar-refractivity contribution in [3.8, 4) is 5.75 Å². The van der Waals surface area contributed by atoms with Gasteiger partial charge in [0.15, 0.2) is 17.4 Å². The van der Waals surface area contributed by atoms with Crippen molar-refractivity contribution in [2.24, 2.45) is 5.41 Å². The second-order valence-corrected chi connectivity index (χ2v) is 9.69. The lowest BCUT2D eigenvalue weighted by atomic mass is 9.68. The topological polar surface area (TPSA) is 76.1 Å². The highest BCUT2D eigenvalue weighted by Crippen LogP contribution is 2.45. The van der Waals surface area contributed by atoms with Gasteiger partial charge in [0.05, 0.1) is 18.7 Å². The Bertz CT molecular complexity index is 1070. The summed E-state index contributed by atoms with van der Waals surface area (Å²) in [5, 5.41) is 9.97. The monoisotopic (exact) mass is 493 g/mol. The quantitative estimate of drug-likeness (QED) is 0.385. The Morgan fingerprint density at radius 2 is 1.86 bits per heavy atom. The van der Waals surface area contributed by atoms with Gasteiger partial charge < -0.3 is 19.5 Å². The number of allylic oxidation sites excluding steroid dienone is 4. The van der Waals surface area contributed by atoms with Crippen molar-refractivity contribution in [3.05, 3.63) is 65.0 Å². The van der Waals surface area contributed by atoms with E-state index in [9.17, 15) is 27.9 Å².